The highest BCUT2D eigenvalue weighted by molar-refractivity contribution is 7.10. The minimum absolute atomic E-state index is 0.0594. The smallest absolute Gasteiger partial charge is 0.118 e. The summed E-state index contributed by atoms with van der Waals surface area (Å²) in [5, 5.41) is 2.04. The lowest BCUT2D eigenvalue weighted by atomic mass is 10.1. The van der Waals surface area contributed by atoms with Gasteiger partial charge in [-0.1, -0.05) is 19.1 Å². The molecule has 0 radical (unpaired) electrons. The van der Waals surface area contributed by atoms with E-state index in [1.165, 1.54) is 10.4 Å². The third kappa shape index (κ3) is 2.64. The Hall–Kier alpha value is -0.990. The summed E-state index contributed by atoms with van der Waals surface area (Å²) in [6.45, 7) is 2.16. The molecule has 2 aromatic rings. The quantitative estimate of drug-likeness (QED) is 0.732. The van der Waals surface area contributed by atoms with Gasteiger partial charge in [-0.05, 0) is 41.1 Å². The molecule has 0 saturated carbocycles. The first kappa shape index (κ1) is 12.5. The first-order chi connectivity index (χ1) is 8.26. The van der Waals surface area contributed by atoms with Gasteiger partial charge >= 0.3 is 0 Å². The molecule has 0 aliphatic rings. The normalized spacial score (nSPS) is 12.4. The molecule has 1 atom stereocenters. The first-order valence-electron chi connectivity index (χ1n) is 5.60. The van der Waals surface area contributed by atoms with Crippen molar-refractivity contribution in [1.29, 1.82) is 0 Å². The predicted molar refractivity (Wildman–Crippen MR) is 74.4 cm³/mol. The number of benzene rings is 1. The molecule has 0 spiro atoms. The maximum Gasteiger partial charge on any atom is 0.118 e. The van der Waals surface area contributed by atoms with E-state index in [1.54, 1.807) is 18.4 Å². The number of hydrogen-bond donors (Lipinski definition) is 0. The summed E-state index contributed by atoms with van der Waals surface area (Å²) in [6, 6.07) is 10.1. The van der Waals surface area contributed by atoms with Crippen LogP contribution in [-0.4, -0.2) is 7.11 Å². The van der Waals surface area contributed by atoms with Gasteiger partial charge in [0.2, 0.25) is 0 Å². The summed E-state index contributed by atoms with van der Waals surface area (Å²) in [4.78, 5) is 1.25. The van der Waals surface area contributed by atoms with Gasteiger partial charge in [0.15, 0.2) is 0 Å². The predicted octanol–water partition coefficient (Wildman–Crippen LogP) is 4.65. The van der Waals surface area contributed by atoms with Gasteiger partial charge in [0, 0.05) is 4.88 Å². The fraction of sp³-hybridized carbons (Fsp3) is 0.286. The zero-order chi connectivity index (χ0) is 12.3. The molecule has 1 heterocycles. The van der Waals surface area contributed by atoms with Crippen LogP contribution in [0.5, 0.6) is 5.75 Å². The van der Waals surface area contributed by atoms with Crippen LogP contribution in [0.3, 0.4) is 0 Å². The minimum atomic E-state index is -0.0594. The highest BCUT2D eigenvalue weighted by Gasteiger charge is 2.15. The molecule has 0 N–H and O–H groups in total. The van der Waals surface area contributed by atoms with Crippen LogP contribution in [0.2, 0.25) is 0 Å². The number of rotatable bonds is 4. The molecule has 1 aromatic heterocycles. The van der Waals surface area contributed by atoms with Gasteiger partial charge in [-0.3, -0.25) is 0 Å². The van der Waals surface area contributed by atoms with E-state index in [1.807, 2.05) is 24.3 Å². The first-order valence-corrected chi connectivity index (χ1v) is 6.92. The summed E-state index contributed by atoms with van der Waals surface area (Å²) in [7, 11) is 1.67. The molecule has 1 nitrogen and oxygen atoms in total. The second kappa shape index (κ2) is 5.56. The summed E-state index contributed by atoms with van der Waals surface area (Å²) < 4.78 is 5.14. The van der Waals surface area contributed by atoms with E-state index in [9.17, 15) is 0 Å². The minimum Gasteiger partial charge on any atom is -0.497 e. The van der Waals surface area contributed by atoms with Crippen LogP contribution < -0.4 is 4.74 Å². The molecule has 3 heteroatoms. The van der Waals surface area contributed by atoms with Crippen molar-refractivity contribution < 1.29 is 4.74 Å². The largest absolute Gasteiger partial charge is 0.497 e. The molecule has 0 saturated heterocycles. The number of methoxy groups -OCH3 is 1. The van der Waals surface area contributed by atoms with Crippen LogP contribution in [0.15, 0.2) is 35.7 Å². The number of alkyl halides is 1. The molecule has 17 heavy (non-hydrogen) atoms. The highest BCUT2D eigenvalue weighted by atomic mass is 35.5. The van der Waals surface area contributed by atoms with Gasteiger partial charge < -0.3 is 4.74 Å². The second-order valence-electron chi connectivity index (χ2n) is 3.80. The maximum atomic E-state index is 6.52. The van der Waals surface area contributed by atoms with Crippen molar-refractivity contribution in [2.45, 2.75) is 18.7 Å². The molecule has 90 valence electrons. The third-order valence-corrected chi connectivity index (χ3v) is 4.42. The van der Waals surface area contributed by atoms with Crippen molar-refractivity contribution in [3.05, 3.63) is 51.7 Å². The highest BCUT2D eigenvalue weighted by Crippen LogP contribution is 2.35. The summed E-state index contributed by atoms with van der Waals surface area (Å²) >= 11 is 8.25. The fourth-order valence-corrected chi connectivity index (χ4v) is 3.22. The van der Waals surface area contributed by atoms with E-state index >= 15 is 0 Å². The fourth-order valence-electron chi connectivity index (χ4n) is 1.79. The summed E-state index contributed by atoms with van der Waals surface area (Å²) in [5.74, 6) is 0.861. The lowest BCUT2D eigenvalue weighted by molar-refractivity contribution is 0.414. The Morgan fingerprint density at radius 3 is 2.53 bits per heavy atom. The average molecular weight is 267 g/mol. The van der Waals surface area contributed by atoms with E-state index < -0.39 is 0 Å². The van der Waals surface area contributed by atoms with Crippen LogP contribution in [0.1, 0.15) is 28.3 Å². The number of ether oxygens (including phenoxy) is 1. The SMILES string of the molecule is CCc1ccsc1C(Cl)c1ccc(OC)cc1. The van der Waals surface area contributed by atoms with Crippen molar-refractivity contribution in [2.24, 2.45) is 0 Å². The van der Waals surface area contributed by atoms with Gasteiger partial charge in [-0.2, -0.15) is 0 Å². The van der Waals surface area contributed by atoms with Crippen molar-refractivity contribution in [3.63, 3.8) is 0 Å². The van der Waals surface area contributed by atoms with Crippen LogP contribution in [-0.2, 0) is 6.42 Å². The average Bonchev–Trinajstić information content (AvgIpc) is 2.86. The Balaban J connectivity index is 2.27. The number of hydrogen-bond acceptors (Lipinski definition) is 2. The molecule has 0 aliphatic carbocycles. The summed E-state index contributed by atoms with van der Waals surface area (Å²) in [5.41, 5.74) is 2.45. The van der Waals surface area contributed by atoms with Crippen molar-refractivity contribution in [3.8, 4) is 5.75 Å². The Labute approximate surface area is 111 Å². The second-order valence-corrected chi connectivity index (χ2v) is 5.18. The van der Waals surface area contributed by atoms with Gasteiger partial charge in [0.1, 0.15) is 5.75 Å². The van der Waals surface area contributed by atoms with Crippen LogP contribution in [0, 0.1) is 0 Å². The van der Waals surface area contributed by atoms with Crippen molar-refractivity contribution in [1.82, 2.24) is 0 Å². The van der Waals surface area contributed by atoms with Crippen molar-refractivity contribution in [2.75, 3.05) is 7.11 Å². The van der Waals surface area contributed by atoms with Gasteiger partial charge in [0.05, 0.1) is 12.5 Å². The molecular formula is C14H15ClOS. The van der Waals surface area contributed by atoms with E-state index in [4.69, 9.17) is 16.3 Å². The van der Waals surface area contributed by atoms with Gasteiger partial charge in [0.25, 0.3) is 0 Å². The number of aryl methyl sites for hydroxylation is 1. The Morgan fingerprint density at radius 1 is 1.24 bits per heavy atom. The maximum absolute atomic E-state index is 6.52. The van der Waals surface area contributed by atoms with E-state index in [0.717, 1.165) is 17.7 Å². The molecule has 2 rings (SSSR count). The Morgan fingerprint density at radius 2 is 1.94 bits per heavy atom. The lowest BCUT2D eigenvalue weighted by Gasteiger charge is -2.11. The molecule has 0 aliphatic heterocycles. The molecule has 1 aromatic carbocycles. The third-order valence-electron chi connectivity index (χ3n) is 2.80. The van der Waals surface area contributed by atoms with Gasteiger partial charge in [-0.15, -0.1) is 22.9 Å². The topological polar surface area (TPSA) is 9.23 Å². The van der Waals surface area contributed by atoms with E-state index in [2.05, 4.69) is 18.4 Å². The van der Waals surface area contributed by atoms with Crippen molar-refractivity contribution >= 4 is 22.9 Å². The molecule has 0 amide bonds. The Bertz CT molecular complexity index is 475. The van der Waals surface area contributed by atoms with E-state index in [0.29, 0.717) is 0 Å². The van der Waals surface area contributed by atoms with Crippen LogP contribution in [0.25, 0.3) is 0 Å². The lowest BCUT2D eigenvalue weighted by Crippen LogP contribution is -1.94. The number of halogens is 1. The monoisotopic (exact) mass is 266 g/mol. The molecule has 0 fully saturated rings. The summed E-state index contributed by atoms with van der Waals surface area (Å²) in [6.07, 6.45) is 1.03. The molecular weight excluding hydrogens is 252 g/mol. The standard InChI is InChI=1S/C14H15ClOS/c1-3-10-8-9-17-14(10)13(15)11-4-6-12(16-2)7-5-11/h4-9,13H,3H2,1-2H3. The van der Waals surface area contributed by atoms with Gasteiger partial charge in [-0.25, -0.2) is 0 Å². The number of thiophene rings is 1. The zero-order valence-electron chi connectivity index (χ0n) is 9.94. The van der Waals surface area contributed by atoms with Crippen LogP contribution in [0.4, 0.5) is 0 Å². The molecule has 0 bridgehead atoms. The zero-order valence-corrected chi connectivity index (χ0v) is 11.5. The Kier molecular flexibility index (Phi) is 4.08. The molecule has 1 unspecified atom stereocenters. The van der Waals surface area contributed by atoms with Crippen LogP contribution >= 0.6 is 22.9 Å². The van der Waals surface area contributed by atoms with E-state index in [-0.39, 0.29) is 5.38 Å².